The summed E-state index contributed by atoms with van der Waals surface area (Å²) in [6.45, 7) is 4.41. The highest BCUT2D eigenvalue weighted by Crippen LogP contribution is 2.45. The molecule has 4 atom stereocenters. The van der Waals surface area contributed by atoms with Crippen molar-refractivity contribution in [2.24, 2.45) is 17.0 Å². The van der Waals surface area contributed by atoms with Gasteiger partial charge in [0, 0.05) is 25.0 Å². The van der Waals surface area contributed by atoms with Crippen molar-refractivity contribution in [3.05, 3.63) is 29.8 Å². The van der Waals surface area contributed by atoms with Crippen molar-refractivity contribution in [3.63, 3.8) is 0 Å². The molecule has 0 saturated carbocycles. The molecule has 3 heterocycles. The first-order valence-electron chi connectivity index (χ1n) is 12.0. The Labute approximate surface area is 196 Å². The maximum Gasteiger partial charge on any atom is 0.305 e. The van der Waals surface area contributed by atoms with Gasteiger partial charge in [-0.25, -0.2) is 8.42 Å². The van der Waals surface area contributed by atoms with Crippen LogP contribution in [0.2, 0.25) is 0 Å². The summed E-state index contributed by atoms with van der Waals surface area (Å²) >= 11 is 0. The van der Waals surface area contributed by atoms with Crippen molar-refractivity contribution < 1.29 is 23.2 Å². The van der Waals surface area contributed by atoms with Crippen molar-refractivity contribution in [2.45, 2.75) is 68.8 Å². The predicted octanol–water partition coefficient (Wildman–Crippen LogP) is 3.09. The molecule has 1 aromatic rings. The number of piperidine rings is 3. The third kappa shape index (κ3) is 4.81. The molecule has 9 heteroatoms. The van der Waals surface area contributed by atoms with Crippen molar-refractivity contribution in [3.8, 4) is 0 Å². The lowest BCUT2D eigenvalue weighted by Gasteiger charge is -2.57. The van der Waals surface area contributed by atoms with Gasteiger partial charge in [-0.05, 0) is 88.1 Å². The number of carbonyl (C=O) groups is 1. The highest BCUT2D eigenvalue weighted by atomic mass is 32.2. The van der Waals surface area contributed by atoms with Crippen LogP contribution in [-0.4, -0.2) is 73.3 Å². The number of methoxy groups -OCH3 is 1. The molecule has 0 radical (unpaired) electrons. The maximum absolute atomic E-state index is 13.9. The highest BCUT2D eigenvalue weighted by Gasteiger charge is 2.51. The number of benzene rings is 1. The molecule has 0 aromatic heterocycles. The van der Waals surface area contributed by atoms with Gasteiger partial charge in [0.2, 0.25) is 10.0 Å². The van der Waals surface area contributed by atoms with Crippen LogP contribution in [-0.2, 0) is 19.6 Å². The van der Waals surface area contributed by atoms with E-state index in [0.29, 0.717) is 49.0 Å². The molecule has 182 valence electrons. The van der Waals surface area contributed by atoms with Gasteiger partial charge in [-0.3, -0.25) is 9.69 Å². The Bertz CT molecular complexity index is 976. The Kier molecular flexibility index (Phi) is 7.40. The standard InChI is InChI=1S/C24H35N3O5S/c1-17(25-29)18-10-12-20(13-11-18)33(30,31)27-16-19-6-4-14-26-15-5-7-21(24(19)26)22(27)8-3-9-23(28)32-2/h10-13,19,21-22,24,29H,3-9,14-16H2,1-2H3/b25-17+/t19-,21+,22+,24-/m0/s1. The number of carbonyl (C=O) groups excluding carboxylic acids is 1. The van der Waals surface area contributed by atoms with E-state index in [1.165, 1.54) is 7.11 Å². The minimum atomic E-state index is -3.71. The van der Waals surface area contributed by atoms with E-state index in [-0.39, 0.29) is 22.8 Å². The fourth-order valence-electron chi connectivity index (χ4n) is 6.21. The van der Waals surface area contributed by atoms with Gasteiger partial charge in [-0.1, -0.05) is 17.3 Å². The Morgan fingerprint density at radius 3 is 2.55 bits per heavy atom. The zero-order valence-corrected chi connectivity index (χ0v) is 20.3. The van der Waals surface area contributed by atoms with Crippen molar-refractivity contribution in [2.75, 3.05) is 26.7 Å². The van der Waals surface area contributed by atoms with Crippen molar-refractivity contribution in [1.82, 2.24) is 9.21 Å². The summed E-state index contributed by atoms with van der Waals surface area (Å²) < 4.78 is 34.3. The van der Waals surface area contributed by atoms with Crippen LogP contribution in [0.1, 0.15) is 57.4 Å². The van der Waals surface area contributed by atoms with Crippen molar-refractivity contribution >= 4 is 21.7 Å². The Balaban J connectivity index is 1.64. The number of sulfonamides is 1. The predicted molar refractivity (Wildman–Crippen MR) is 125 cm³/mol. The molecule has 3 aliphatic heterocycles. The van der Waals surface area contributed by atoms with Gasteiger partial charge in [0.1, 0.15) is 0 Å². The number of hydrogen-bond donors (Lipinski definition) is 1. The van der Waals surface area contributed by atoms with Gasteiger partial charge in [0.15, 0.2) is 0 Å². The molecule has 4 rings (SSSR count). The van der Waals surface area contributed by atoms with Crippen LogP contribution in [0.3, 0.4) is 0 Å². The first kappa shape index (κ1) is 24.2. The van der Waals surface area contributed by atoms with Gasteiger partial charge in [-0.2, -0.15) is 4.31 Å². The first-order chi connectivity index (χ1) is 15.9. The number of hydrogen-bond acceptors (Lipinski definition) is 7. The normalized spacial score (nSPS) is 28.8. The highest BCUT2D eigenvalue weighted by molar-refractivity contribution is 7.89. The zero-order chi connectivity index (χ0) is 23.6. The van der Waals surface area contributed by atoms with E-state index in [0.717, 1.165) is 38.8 Å². The fourth-order valence-corrected chi connectivity index (χ4v) is 7.97. The summed E-state index contributed by atoms with van der Waals surface area (Å²) in [5, 5.41) is 12.2. The van der Waals surface area contributed by atoms with Crippen LogP contribution in [0.15, 0.2) is 34.3 Å². The topological polar surface area (TPSA) is 99.5 Å². The van der Waals surface area contributed by atoms with E-state index < -0.39 is 10.0 Å². The minimum Gasteiger partial charge on any atom is -0.469 e. The van der Waals surface area contributed by atoms with Crippen LogP contribution >= 0.6 is 0 Å². The Hall–Kier alpha value is -1.97. The molecule has 0 unspecified atom stereocenters. The molecular formula is C24H35N3O5S. The molecule has 0 amide bonds. The quantitative estimate of drug-likeness (QED) is 0.280. The maximum atomic E-state index is 13.9. The molecule has 3 fully saturated rings. The average Bonchev–Trinajstić information content (AvgIpc) is 2.84. The molecule has 3 aliphatic rings. The lowest BCUT2D eigenvalue weighted by Crippen LogP contribution is -2.65. The largest absolute Gasteiger partial charge is 0.469 e. The smallest absolute Gasteiger partial charge is 0.305 e. The minimum absolute atomic E-state index is 0.123. The third-order valence-corrected chi connectivity index (χ3v) is 9.67. The number of oxime groups is 1. The molecule has 1 aromatic carbocycles. The monoisotopic (exact) mass is 477 g/mol. The molecule has 3 saturated heterocycles. The van der Waals surface area contributed by atoms with E-state index >= 15 is 0 Å². The van der Waals surface area contributed by atoms with Crippen LogP contribution in [0, 0.1) is 11.8 Å². The molecule has 0 bridgehead atoms. The van der Waals surface area contributed by atoms with E-state index in [2.05, 4.69) is 10.1 Å². The number of rotatable bonds is 7. The Morgan fingerprint density at radius 2 is 1.88 bits per heavy atom. The van der Waals surface area contributed by atoms with Crippen LogP contribution < -0.4 is 0 Å². The second-order valence-corrected chi connectivity index (χ2v) is 11.4. The van der Waals surface area contributed by atoms with Gasteiger partial charge in [0.25, 0.3) is 0 Å². The number of nitrogens with zero attached hydrogens (tertiary/aromatic N) is 3. The first-order valence-corrected chi connectivity index (χ1v) is 13.4. The second kappa shape index (κ2) is 10.1. The summed E-state index contributed by atoms with van der Waals surface area (Å²) in [7, 11) is -2.32. The van der Waals surface area contributed by atoms with E-state index in [1.54, 1.807) is 35.5 Å². The summed E-state index contributed by atoms with van der Waals surface area (Å²) in [5.41, 5.74) is 1.12. The summed E-state index contributed by atoms with van der Waals surface area (Å²) in [6.07, 6.45) is 5.86. The average molecular weight is 478 g/mol. The molecule has 33 heavy (non-hydrogen) atoms. The van der Waals surface area contributed by atoms with Crippen LogP contribution in [0.5, 0.6) is 0 Å². The lowest BCUT2D eigenvalue weighted by molar-refractivity contribution is -0.140. The zero-order valence-electron chi connectivity index (χ0n) is 19.5. The molecule has 8 nitrogen and oxygen atoms in total. The Morgan fingerprint density at radius 1 is 1.18 bits per heavy atom. The van der Waals surface area contributed by atoms with Gasteiger partial charge >= 0.3 is 5.97 Å². The molecule has 0 aliphatic carbocycles. The van der Waals surface area contributed by atoms with E-state index in [9.17, 15) is 13.2 Å². The number of esters is 1. The van der Waals surface area contributed by atoms with E-state index in [1.807, 2.05) is 0 Å². The SMILES string of the molecule is COC(=O)CCC[C@@H]1[C@H]2CCCN3CCC[C@@H](CN1S(=O)(=O)c1ccc(/C(C)=N/O)cc1)[C@@H]23. The van der Waals surface area contributed by atoms with Crippen LogP contribution in [0.25, 0.3) is 0 Å². The fraction of sp³-hybridized carbons (Fsp3) is 0.667. The van der Waals surface area contributed by atoms with Crippen LogP contribution in [0.4, 0.5) is 0 Å². The van der Waals surface area contributed by atoms with Gasteiger partial charge in [0.05, 0.1) is 17.7 Å². The molecule has 1 N–H and O–H groups in total. The van der Waals surface area contributed by atoms with Gasteiger partial charge in [-0.15, -0.1) is 0 Å². The summed E-state index contributed by atoms with van der Waals surface area (Å²) in [5.74, 6) is 0.379. The second-order valence-electron chi connectivity index (χ2n) is 9.56. The summed E-state index contributed by atoms with van der Waals surface area (Å²) in [6, 6.07) is 6.89. The number of ether oxygens (including phenoxy) is 1. The third-order valence-electron chi connectivity index (χ3n) is 7.76. The summed E-state index contributed by atoms with van der Waals surface area (Å²) in [4.78, 5) is 14.6. The van der Waals surface area contributed by atoms with Crippen molar-refractivity contribution in [1.29, 1.82) is 0 Å². The van der Waals surface area contributed by atoms with Gasteiger partial charge < -0.3 is 9.94 Å². The molecule has 0 spiro atoms. The lowest BCUT2D eigenvalue weighted by atomic mass is 9.70. The van der Waals surface area contributed by atoms with E-state index in [4.69, 9.17) is 9.94 Å². The molecular weight excluding hydrogens is 442 g/mol.